The lowest BCUT2D eigenvalue weighted by Gasteiger charge is -2.44. The molecule has 1 N–H and O–H groups in total. The minimum atomic E-state index is -0.0858. The smallest absolute Gasteiger partial charge is 0.221 e. The molecule has 1 fully saturated rings. The number of nitrogens with zero attached hydrogens (tertiary/aromatic N) is 4. The van der Waals surface area contributed by atoms with E-state index >= 15 is 0 Å². The molecule has 0 aliphatic carbocycles. The molecule has 7 nitrogen and oxygen atoms in total. The molecular formula is C22H33N5O2S. The van der Waals surface area contributed by atoms with Gasteiger partial charge in [0.15, 0.2) is 0 Å². The van der Waals surface area contributed by atoms with E-state index in [-0.39, 0.29) is 11.5 Å². The summed E-state index contributed by atoms with van der Waals surface area (Å²) in [5, 5.41) is 11.4. The summed E-state index contributed by atoms with van der Waals surface area (Å²) in [7, 11) is 0. The molecule has 30 heavy (non-hydrogen) atoms. The number of piperidine rings is 1. The first-order chi connectivity index (χ1) is 14.6. The number of carbonyl (C=O) groups is 1. The second kappa shape index (κ2) is 9.58. The summed E-state index contributed by atoms with van der Waals surface area (Å²) >= 11 is 1.98. The first kappa shape index (κ1) is 21.5. The number of aryl methyl sites for hydroxylation is 2. The van der Waals surface area contributed by atoms with E-state index < -0.39 is 0 Å². The van der Waals surface area contributed by atoms with E-state index in [9.17, 15) is 4.79 Å². The van der Waals surface area contributed by atoms with Crippen molar-refractivity contribution in [1.82, 2.24) is 25.2 Å². The van der Waals surface area contributed by atoms with Gasteiger partial charge in [0, 0.05) is 55.0 Å². The van der Waals surface area contributed by atoms with Crippen LogP contribution in [0.5, 0.6) is 0 Å². The zero-order valence-corrected chi connectivity index (χ0v) is 19.0. The average molecular weight is 432 g/mol. The van der Waals surface area contributed by atoms with Crippen LogP contribution in [0.2, 0.25) is 0 Å². The van der Waals surface area contributed by atoms with Crippen molar-refractivity contribution in [1.29, 1.82) is 0 Å². The quantitative estimate of drug-likeness (QED) is 0.696. The summed E-state index contributed by atoms with van der Waals surface area (Å²) in [6, 6.07) is 2.40. The number of aromatic nitrogens is 3. The molecule has 8 heteroatoms. The first-order valence-corrected chi connectivity index (χ1v) is 12.1. The number of hydrogen-bond acceptors (Lipinski definition) is 6. The van der Waals surface area contributed by atoms with Gasteiger partial charge < -0.3 is 10.1 Å². The van der Waals surface area contributed by atoms with E-state index in [4.69, 9.17) is 4.74 Å². The van der Waals surface area contributed by atoms with Gasteiger partial charge in [-0.3, -0.25) is 14.4 Å². The maximum absolute atomic E-state index is 11.8. The zero-order valence-electron chi connectivity index (χ0n) is 18.2. The third kappa shape index (κ3) is 4.76. The van der Waals surface area contributed by atoms with Gasteiger partial charge in [-0.2, -0.15) is 0 Å². The van der Waals surface area contributed by atoms with E-state index in [1.807, 2.05) is 17.5 Å². The predicted molar refractivity (Wildman–Crippen MR) is 117 cm³/mol. The molecule has 2 aliphatic heterocycles. The Labute approximate surface area is 182 Å². The van der Waals surface area contributed by atoms with Crippen LogP contribution in [-0.4, -0.2) is 52.0 Å². The Morgan fingerprint density at radius 2 is 2.17 bits per heavy atom. The van der Waals surface area contributed by atoms with Gasteiger partial charge in [0.25, 0.3) is 0 Å². The van der Waals surface area contributed by atoms with Crippen LogP contribution in [0.25, 0.3) is 0 Å². The van der Waals surface area contributed by atoms with Gasteiger partial charge >= 0.3 is 0 Å². The Kier molecular flexibility index (Phi) is 6.85. The van der Waals surface area contributed by atoms with Gasteiger partial charge in [-0.15, -0.1) is 16.4 Å². The van der Waals surface area contributed by atoms with Gasteiger partial charge in [-0.1, -0.05) is 19.1 Å². The Balaban J connectivity index is 1.29. The van der Waals surface area contributed by atoms with Crippen LogP contribution in [0, 0.1) is 0 Å². The van der Waals surface area contributed by atoms with E-state index in [0.29, 0.717) is 13.0 Å². The van der Waals surface area contributed by atoms with Crippen LogP contribution in [0.1, 0.15) is 60.5 Å². The Morgan fingerprint density at radius 3 is 2.93 bits per heavy atom. The van der Waals surface area contributed by atoms with Gasteiger partial charge in [-0.25, -0.2) is 0 Å². The van der Waals surface area contributed by atoms with Crippen molar-refractivity contribution < 1.29 is 9.53 Å². The molecule has 164 valence electrons. The molecular weight excluding hydrogens is 398 g/mol. The van der Waals surface area contributed by atoms with Crippen LogP contribution in [0.15, 0.2) is 12.3 Å². The lowest BCUT2D eigenvalue weighted by molar-refractivity contribution is -0.121. The molecule has 4 rings (SSSR count). The van der Waals surface area contributed by atoms with Crippen molar-refractivity contribution >= 4 is 17.2 Å². The number of hydrogen-bond donors (Lipinski definition) is 1. The molecule has 2 aliphatic rings. The molecule has 1 saturated heterocycles. The number of thiophene rings is 1. The minimum absolute atomic E-state index is 0.0711. The van der Waals surface area contributed by atoms with E-state index in [1.54, 1.807) is 4.68 Å². The molecule has 1 amide bonds. The summed E-state index contributed by atoms with van der Waals surface area (Å²) < 4.78 is 8.16. The monoisotopic (exact) mass is 431 g/mol. The van der Waals surface area contributed by atoms with E-state index in [1.165, 1.54) is 15.3 Å². The third-order valence-corrected chi connectivity index (χ3v) is 7.52. The number of rotatable bonds is 8. The highest BCUT2D eigenvalue weighted by atomic mass is 32.1. The van der Waals surface area contributed by atoms with E-state index in [0.717, 1.165) is 70.6 Å². The third-order valence-electron chi connectivity index (χ3n) is 6.18. The van der Waals surface area contributed by atoms with Crippen molar-refractivity contribution in [2.24, 2.45) is 0 Å². The second-order valence-corrected chi connectivity index (χ2v) is 9.57. The molecule has 0 unspecified atom stereocenters. The minimum Gasteiger partial charge on any atom is -0.370 e. The van der Waals surface area contributed by atoms with Gasteiger partial charge in [0.05, 0.1) is 24.4 Å². The number of likely N-dealkylation sites (tertiary alicyclic amines) is 1. The predicted octanol–water partition coefficient (Wildman–Crippen LogP) is 2.88. The van der Waals surface area contributed by atoms with Crippen molar-refractivity contribution in [3.05, 3.63) is 33.3 Å². The fourth-order valence-electron chi connectivity index (χ4n) is 4.45. The first-order valence-electron chi connectivity index (χ1n) is 11.3. The van der Waals surface area contributed by atoms with Gasteiger partial charge in [0.2, 0.25) is 5.91 Å². The van der Waals surface area contributed by atoms with Crippen molar-refractivity contribution in [2.45, 2.75) is 71.1 Å². The summed E-state index contributed by atoms with van der Waals surface area (Å²) in [5.74, 6) is 0.0711. The number of fused-ring (bicyclic) bond motifs is 2. The molecule has 0 bridgehead atoms. The summed E-state index contributed by atoms with van der Waals surface area (Å²) in [6.45, 7) is 9.23. The Hall–Kier alpha value is -1.77. The maximum atomic E-state index is 11.8. The highest BCUT2D eigenvalue weighted by Gasteiger charge is 2.41. The SMILES string of the molecule is CCCNC(=O)CCn1cc(CN2CCC3(CC2)OCCc2sc(CC)cc23)nn1. The lowest BCUT2D eigenvalue weighted by Crippen LogP contribution is -2.45. The number of nitrogens with one attached hydrogen (secondary N) is 1. The lowest BCUT2D eigenvalue weighted by atomic mass is 9.82. The molecule has 4 heterocycles. The topological polar surface area (TPSA) is 72.3 Å². The Bertz CT molecular complexity index is 854. The van der Waals surface area contributed by atoms with Crippen LogP contribution in [0.4, 0.5) is 0 Å². The summed E-state index contributed by atoms with van der Waals surface area (Å²) in [4.78, 5) is 17.2. The molecule has 0 radical (unpaired) electrons. The number of amides is 1. The number of ether oxygens (including phenoxy) is 1. The van der Waals surface area contributed by atoms with Gasteiger partial charge in [-0.05, 0) is 37.3 Å². The summed E-state index contributed by atoms with van der Waals surface area (Å²) in [5.41, 5.74) is 2.34. The largest absolute Gasteiger partial charge is 0.370 e. The van der Waals surface area contributed by atoms with Crippen LogP contribution in [0.3, 0.4) is 0 Å². The zero-order chi connectivity index (χ0) is 21.0. The molecule has 1 spiro atoms. The van der Waals surface area contributed by atoms with Crippen molar-refractivity contribution in [3.8, 4) is 0 Å². The van der Waals surface area contributed by atoms with Crippen LogP contribution < -0.4 is 5.32 Å². The highest BCUT2D eigenvalue weighted by molar-refractivity contribution is 7.12. The van der Waals surface area contributed by atoms with Crippen LogP contribution >= 0.6 is 11.3 Å². The van der Waals surface area contributed by atoms with E-state index in [2.05, 4.69) is 40.4 Å². The standard InChI is InChI=1S/C22H33N5O2S/c1-3-9-23-21(28)5-10-27-16-17(24-25-27)15-26-11-7-22(8-12-26)19-14-18(4-2)30-20(19)6-13-29-22/h14,16H,3-13,15H2,1-2H3,(H,23,28). The second-order valence-electron chi connectivity index (χ2n) is 8.34. The normalized spacial score (nSPS) is 18.5. The highest BCUT2D eigenvalue weighted by Crippen LogP contribution is 2.44. The van der Waals surface area contributed by atoms with Crippen molar-refractivity contribution in [2.75, 3.05) is 26.2 Å². The van der Waals surface area contributed by atoms with Gasteiger partial charge in [0.1, 0.15) is 0 Å². The Morgan fingerprint density at radius 1 is 1.33 bits per heavy atom. The maximum Gasteiger partial charge on any atom is 0.221 e. The molecule has 0 atom stereocenters. The fourth-order valence-corrected chi connectivity index (χ4v) is 5.63. The van der Waals surface area contributed by atoms with Crippen LogP contribution in [-0.2, 0) is 41.1 Å². The summed E-state index contributed by atoms with van der Waals surface area (Å²) in [6.07, 6.45) is 7.60. The fraction of sp³-hybridized carbons (Fsp3) is 0.682. The van der Waals surface area contributed by atoms with Crippen molar-refractivity contribution in [3.63, 3.8) is 0 Å². The number of carbonyl (C=O) groups excluding carboxylic acids is 1. The molecule has 0 aromatic carbocycles. The molecule has 2 aromatic heterocycles. The average Bonchev–Trinajstić information content (AvgIpc) is 3.40. The molecule has 2 aromatic rings. The molecule has 0 saturated carbocycles.